The van der Waals surface area contributed by atoms with Crippen LogP contribution in [0.4, 0.5) is 0 Å². The zero-order valence-electron chi connectivity index (χ0n) is 14.7. The normalized spacial score (nSPS) is 26.8. The van der Waals surface area contributed by atoms with Gasteiger partial charge in [0.15, 0.2) is 0 Å². The first kappa shape index (κ1) is 16.4. The lowest BCUT2D eigenvalue weighted by Gasteiger charge is -2.38. The molecule has 4 nitrogen and oxygen atoms in total. The standard InChI is InChI=1S/C20H29NO3/c1-22-19-5-3-2-4-17(19)13-21-10-8-20(9-11-21)12-18(15-24-20)23-14-16-6-7-16/h2-5,16,18H,6-15H2,1H3/t18-/m1/s1. The molecule has 2 heterocycles. The lowest BCUT2D eigenvalue weighted by Crippen LogP contribution is -2.44. The second-order valence-corrected chi connectivity index (χ2v) is 7.68. The highest BCUT2D eigenvalue weighted by molar-refractivity contribution is 5.33. The Balaban J connectivity index is 1.27. The summed E-state index contributed by atoms with van der Waals surface area (Å²) < 4.78 is 17.7. The molecule has 1 spiro atoms. The quantitative estimate of drug-likeness (QED) is 0.801. The summed E-state index contributed by atoms with van der Waals surface area (Å²) in [6.07, 6.45) is 6.36. The summed E-state index contributed by atoms with van der Waals surface area (Å²) in [6, 6.07) is 8.33. The molecular formula is C20H29NO3. The van der Waals surface area contributed by atoms with Gasteiger partial charge in [-0.25, -0.2) is 0 Å². The van der Waals surface area contributed by atoms with Crippen LogP contribution in [0.15, 0.2) is 24.3 Å². The highest BCUT2D eigenvalue weighted by Gasteiger charge is 2.43. The van der Waals surface area contributed by atoms with E-state index in [1.807, 2.05) is 12.1 Å². The molecule has 0 radical (unpaired) electrons. The summed E-state index contributed by atoms with van der Waals surface area (Å²) in [7, 11) is 1.75. The van der Waals surface area contributed by atoms with Crippen LogP contribution < -0.4 is 4.74 Å². The Kier molecular flexibility index (Phi) is 4.79. The van der Waals surface area contributed by atoms with E-state index in [9.17, 15) is 0 Å². The predicted octanol–water partition coefficient (Wildman–Crippen LogP) is 3.25. The van der Waals surface area contributed by atoms with Gasteiger partial charge >= 0.3 is 0 Å². The largest absolute Gasteiger partial charge is 0.496 e. The van der Waals surface area contributed by atoms with E-state index in [1.54, 1.807) is 7.11 Å². The van der Waals surface area contributed by atoms with Gasteiger partial charge in [0.1, 0.15) is 5.75 Å². The fraction of sp³-hybridized carbons (Fsp3) is 0.700. The van der Waals surface area contributed by atoms with Crippen molar-refractivity contribution >= 4 is 0 Å². The molecule has 2 saturated heterocycles. The van der Waals surface area contributed by atoms with Gasteiger partial charge in [-0.2, -0.15) is 0 Å². The van der Waals surface area contributed by atoms with Gasteiger partial charge in [0.25, 0.3) is 0 Å². The lowest BCUT2D eigenvalue weighted by molar-refractivity contribution is -0.0467. The maximum Gasteiger partial charge on any atom is 0.123 e. The molecule has 1 aromatic rings. The van der Waals surface area contributed by atoms with Crippen LogP contribution in [0, 0.1) is 5.92 Å². The van der Waals surface area contributed by atoms with Crippen molar-refractivity contribution in [1.29, 1.82) is 0 Å². The summed E-state index contributed by atoms with van der Waals surface area (Å²) in [5, 5.41) is 0. The van der Waals surface area contributed by atoms with E-state index in [-0.39, 0.29) is 5.60 Å². The van der Waals surface area contributed by atoms with Crippen LogP contribution in [0.1, 0.15) is 37.7 Å². The van der Waals surface area contributed by atoms with E-state index in [2.05, 4.69) is 17.0 Å². The Morgan fingerprint density at radius 2 is 2.00 bits per heavy atom. The number of nitrogens with zero attached hydrogens (tertiary/aromatic N) is 1. The molecule has 4 heteroatoms. The molecule has 4 rings (SSSR count). The molecule has 3 fully saturated rings. The first-order valence-electron chi connectivity index (χ1n) is 9.36. The van der Waals surface area contributed by atoms with Crippen molar-refractivity contribution in [3.05, 3.63) is 29.8 Å². The van der Waals surface area contributed by atoms with Crippen molar-refractivity contribution in [2.24, 2.45) is 5.92 Å². The first-order valence-corrected chi connectivity index (χ1v) is 9.36. The molecule has 132 valence electrons. The van der Waals surface area contributed by atoms with Crippen molar-refractivity contribution in [3.63, 3.8) is 0 Å². The van der Waals surface area contributed by atoms with E-state index in [0.717, 1.165) is 63.8 Å². The van der Waals surface area contributed by atoms with Crippen LogP contribution in [-0.4, -0.2) is 50.0 Å². The fourth-order valence-electron chi connectivity index (χ4n) is 4.01. The number of likely N-dealkylation sites (tertiary alicyclic amines) is 1. The molecule has 0 aromatic heterocycles. The van der Waals surface area contributed by atoms with Gasteiger partial charge in [0, 0.05) is 38.2 Å². The van der Waals surface area contributed by atoms with E-state index in [1.165, 1.54) is 18.4 Å². The van der Waals surface area contributed by atoms with E-state index < -0.39 is 0 Å². The van der Waals surface area contributed by atoms with Gasteiger partial charge in [0.2, 0.25) is 0 Å². The Morgan fingerprint density at radius 3 is 2.75 bits per heavy atom. The number of methoxy groups -OCH3 is 1. The number of rotatable bonds is 6. The smallest absolute Gasteiger partial charge is 0.123 e. The zero-order chi connectivity index (χ0) is 16.4. The van der Waals surface area contributed by atoms with Crippen molar-refractivity contribution in [3.8, 4) is 5.75 Å². The molecular weight excluding hydrogens is 302 g/mol. The number of hydrogen-bond donors (Lipinski definition) is 0. The number of para-hydroxylation sites is 1. The van der Waals surface area contributed by atoms with Crippen LogP contribution in [0.2, 0.25) is 0 Å². The zero-order valence-corrected chi connectivity index (χ0v) is 14.7. The SMILES string of the molecule is COc1ccccc1CN1CCC2(CC1)C[C@@H](OCC1CC1)CO2. The van der Waals surface area contributed by atoms with Gasteiger partial charge in [-0.05, 0) is 37.7 Å². The van der Waals surface area contributed by atoms with Crippen molar-refractivity contribution in [2.45, 2.75) is 50.4 Å². The third-order valence-corrected chi connectivity index (χ3v) is 5.79. The Bertz CT molecular complexity index is 550. The van der Waals surface area contributed by atoms with Crippen molar-refractivity contribution < 1.29 is 14.2 Å². The highest BCUT2D eigenvalue weighted by Crippen LogP contribution is 2.38. The van der Waals surface area contributed by atoms with E-state index >= 15 is 0 Å². The molecule has 2 aliphatic heterocycles. The molecule has 24 heavy (non-hydrogen) atoms. The Morgan fingerprint density at radius 1 is 1.21 bits per heavy atom. The second kappa shape index (κ2) is 7.03. The predicted molar refractivity (Wildman–Crippen MR) is 93.3 cm³/mol. The molecule has 3 aliphatic rings. The molecule has 0 amide bonds. The van der Waals surface area contributed by atoms with Crippen LogP contribution in [-0.2, 0) is 16.0 Å². The molecule has 0 unspecified atom stereocenters. The topological polar surface area (TPSA) is 30.9 Å². The van der Waals surface area contributed by atoms with Crippen molar-refractivity contribution in [1.82, 2.24) is 4.90 Å². The van der Waals surface area contributed by atoms with Gasteiger partial charge in [0.05, 0.1) is 25.4 Å². The molecule has 0 N–H and O–H groups in total. The summed E-state index contributed by atoms with van der Waals surface area (Å²) >= 11 is 0. The van der Waals surface area contributed by atoms with E-state index in [4.69, 9.17) is 14.2 Å². The number of benzene rings is 1. The minimum absolute atomic E-state index is 0.0749. The van der Waals surface area contributed by atoms with Crippen LogP contribution in [0.3, 0.4) is 0 Å². The second-order valence-electron chi connectivity index (χ2n) is 7.68. The summed E-state index contributed by atoms with van der Waals surface area (Å²) in [5.74, 6) is 1.83. The monoisotopic (exact) mass is 331 g/mol. The van der Waals surface area contributed by atoms with Crippen molar-refractivity contribution in [2.75, 3.05) is 33.4 Å². The minimum Gasteiger partial charge on any atom is -0.496 e. The summed E-state index contributed by atoms with van der Waals surface area (Å²) in [4.78, 5) is 2.52. The third-order valence-electron chi connectivity index (χ3n) is 5.79. The maximum atomic E-state index is 6.21. The fourth-order valence-corrected chi connectivity index (χ4v) is 4.01. The van der Waals surface area contributed by atoms with Crippen LogP contribution >= 0.6 is 0 Å². The minimum atomic E-state index is 0.0749. The molecule has 0 bridgehead atoms. The highest BCUT2D eigenvalue weighted by atomic mass is 16.6. The average Bonchev–Trinajstić information content (AvgIpc) is 3.37. The Labute approximate surface area is 145 Å². The molecule has 1 saturated carbocycles. The van der Waals surface area contributed by atoms with Crippen LogP contribution in [0.5, 0.6) is 5.75 Å². The van der Waals surface area contributed by atoms with Gasteiger partial charge in [-0.3, -0.25) is 4.90 Å². The van der Waals surface area contributed by atoms with Gasteiger partial charge < -0.3 is 14.2 Å². The molecule has 1 aromatic carbocycles. The van der Waals surface area contributed by atoms with Gasteiger partial charge in [-0.15, -0.1) is 0 Å². The van der Waals surface area contributed by atoms with E-state index in [0.29, 0.717) is 6.10 Å². The number of ether oxygens (including phenoxy) is 3. The lowest BCUT2D eigenvalue weighted by atomic mass is 9.88. The number of hydrogen-bond acceptors (Lipinski definition) is 4. The maximum absolute atomic E-state index is 6.21. The third kappa shape index (κ3) is 3.76. The molecule has 1 aliphatic carbocycles. The Hall–Kier alpha value is -1.10. The van der Waals surface area contributed by atoms with Crippen LogP contribution in [0.25, 0.3) is 0 Å². The average molecular weight is 331 g/mol. The van der Waals surface area contributed by atoms with Gasteiger partial charge in [-0.1, -0.05) is 18.2 Å². The summed E-state index contributed by atoms with van der Waals surface area (Å²) in [5.41, 5.74) is 1.35. The summed E-state index contributed by atoms with van der Waals surface area (Å²) in [6.45, 7) is 4.88. The number of piperidine rings is 1. The molecule has 1 atom stereocenters. The first-order chi connectivity index (χ1) is 11.8.